The average Bonchev–Trinajstić information content (AvgIpc) is 3.17. The average molecular weight is 365 g/mol. The molecule has 0 radical (unpaired) electrons. The number of anilines is 2. The minimum absolute atomic E-state index is 0.0333. The molecule has 2 aromatic heterocycles. The van der Waals surface area contributed by atoms with Crippen molar-refractivity contribution in [2.75, 3.05) is 43.0 Å². The molecule has 4 rings (SSSR count). The molecule has 1 aliphatic heterocycles. The number of H-pyrrole nitrogens is 1. The van der Waals surface area contributed by atoms with Crippen molar-refractivity contribution in [1.82, 2.24) is 25.3 Å². The maximum atomic E-state index is 12.3. The quantitative estimate of drug-likeness (QED) is 0.686. The van der Waals surface area contributed by atoms with E-state index in [0.717, 1.165) is 31.4 Å². The van der Waals surface area contributed by atoms with Crippen molar-refractivity contribution in [3.05, 3.63) is 42.5 Å². The second-order valence-electron chi connectivity index (χ2n) is 6.72. The number of imidazole rings is 1. The molecule has 3 heterocycles. The second-order valence-corrected chi connectivity index (χ2v) is 6.72. The van der Waals surface area contributed by atoms with E-state index in [1.165, 1.54) is 17.6 Å². The zero-order chi connectivity index (χ0) is 18.6. The molecule has 1 amide bonds. The van der Waals surface area contributed by atoms with Crippen molar-refractivity contribution in [2.24, 2.45) is 0 Å². The highest BCUT2D eigenvalue weighted by Crippen LogP contribution is 2.26. The van der Waals surface area contributed by atoms with E-state index in [2.05, 4.69) is 54.4 Å². The Kier molecular flexibility index (Phi) is 4.86. The number of carbonyl (C=O) groups excluding carboxylic acids is 1. The normalized spacial score (nSPS) is 13.4. The lowest BCUT2D eigenvalue weighted by molar-refractivity contribution is -0.119. The summed E-state index contributed by atoms with van der Waals surface area (Å²) in [5.74, 6) is 0.631. The first-order valence-corrected chi connectivity index (χ1v) is 9.17. The van der Waals surface area contributed by atoms with Crippen LogP contribution in [-0.2, 0) is 11.2 Å². The smallest absolute Gasteiger partial charge is 0.239 e. The molecule has 0 unspecified atom stereocenters. The van der Waals surface area contributed by atoms with Crippen molar-refractivity contribution in [3.63, 3.8) is 0 Å². The van der Waals surface area contributed by atoms with Crippen LogP contribution in [0.15, 0.2) is 36.9 Å². The maximum absolute atomic E-state index is 12.3. The Labute approximate surface area is 157 Å². The first-order chi connectivity index (χ1) is 13.2. The summed E-state index contributed by atoms with van der Waals surface area (Å²) in [5.41, 5.74) is 4.01. The highest BCUT2D eigenvalue weighted by Gasteiger charge is 2.17. The van der Waals surface area contributed by atoms with Gasteiger partial charge in [0, 0.05) is 32.4 Å². The summed E-state index contributed by atoms with van der Waals surface area (Å²) in [4.78, 5) is 32.0. The fourth-order valence-corrected chi connectivity index (χ4v) is 3.56. The van der Waals surface area contributed by atoms with E-state index in [1.807, 2.05) is 7.05 Å². The number of amides is 1. The van der Waals surface area contributed by atoms with Crippen LogP contribution < -0.4 is 15.1 Å². The Bertz CT molecular complexity index is 938. The second kappa shape index (κ2) is 7.61. The number of benzene rings is 1. The van der Waals surface area contributed by atoms with E-state index in [9.17, 15) is 4.79 Å². The van der Waals surface area contributed by atoms with Crippen molar-refractivity contribution >= 4 is 28.6 Å². The molecule has 8 heteroatoms. The minimum Gasteiger partial charge on any atom is -0.370 e. The zero-order valence-corrected chi connectivity index (χ0v) is 15.4. The number of hydrogen-bond acceptors (Lipinski definition) is 6. The van der Waals surface area contributed by atoms with Crippen LogP contribution in [0.3, 0.4) is 0 Å². The van der Waals surface area contributed by atoms with Crippen LogP contribution in [0.2, 0.25) is 0 Å². The number of likely N-dealkylation sites (N-methyl/N-ethyl adjacent to an activating group) is 1. The van der Waals surface area contributed by atoms with Crippen molar-refractivity contribution in [2.45, 2.75) is 12.8 Å². The fraction of sp³-hybridized carbons (Fsp3) is 0.368. The van der Waals surface area contributed by atoms with Gasteiger partial charge in [0.25, 0.3) is 0 Å². The predicted octanol–water partition coefficient (Wildman–Crippen LogP) is 1.36. The summed E-state index contributed by atoms with van der Waals surface area (Å²) >= 11 is 0. The van der Waals surface area contributed by atoms with Crippen molar-refractivity contribution in [3.8, 4) is 0 Å². The third-order valence-electron chi connectivity index (χ3n) is 4.86. The Morgan fingerprint density at radius 1 is 1.30 bits per heavy atom. The van der Waals surface area contributed by atoms with Gasteiger partial charge in [-0.2, -0.15) is 0 Å². The molecule has 0 spiro atoms. The minimum atomic E-state index is -0.0333. The van der Waals surface area contributed by atoms with E-state index < -0.39 is 0 Å². The monoisotopic (exact) mass is 365 g/mol. The molecule has 1 aliphatic rings. The first-order valence-electron chi connectivity index (χ1n) is 9.17. The molecule has 3 aromatic rings. The van der Waals surface area contributed by atoms with Crippen molar-refractivity contribution in [1.29, 1.82) is 0 Å². The molecule has 0 saturated carbocycles. The summed E-state index contributed by atoms with van der Waals surface area (Å²) in [7, 11) is 1.84. The van der Waals surface area contributed by atoms with Crippen LogP contribution in [0.5, 0.6) is 0 Å². The largest absolute Gasteiger partial charge is 0.370 e. The highest BCUT2D eigenvalue weighted by atomic mass is 16.2. The number of aryl methyl sites for hydroxylation is 1. The molecule has 0 atom stereocenters. The Hall–Kier alpha value is -3.16. The number of aromatic nitrogens is 4. The van der Waals surface area contributed by atoms with Gasteiger partial charge in [0.1, 0.15) is 11.8 Å². The maximum Gasteiger partial charge on any atom is 0.239 e. The van der Waals surface area contributed by atoms with Gasteiger partial charge in [-0.1, -0.05) is 18.2 Å². The lowest BCUT2D eigenvalue weighted by atomic mass is 10.0. The van der Waals surface area contributed by atoms with Gasteiger partial charge in [0.2, 0.25) is 5.91 Å². The van der Waals surface area contributed by atoms with Gasteiger partial charge in [-0.15, -0.1) is 0 Å². The van der Waals surface area contributed by atoms with Crippen LogP contribution in [0.1, 0.15) is 12.0 Å². The third-order valence-corrected chi connectivity index (χ3v) is 4.86. The topological polar surface area (TPSA) is 90.0 Å². The molecule has 8 nitrogen and oxygen atoms in total. The molecule has 27 heavy (non-hydrogen) atoms. The number of fused-ring (bicyclic) bond motifs is 2. The molecule has 0 fully saturated rings. The van der Waals surface area contributed by atoms with E-state index in [0.29, 0.717) is 18.0 Å². The number of carbonyl (C=O) groups is 1. The Morgan fingerprint density at radius 2 is 2.19 bits per heavy atom. The molecule has 1 aromatic carbocycles. The summed E-state index contributed by atoms with van der Waals surface area (Å²) in [6, 6.07) is 8.51. The lowest BCUT2D eigenvalue weighted by Gasteiger charge is -2.31. The standard InChI is InChI=1S/C19H23N7O/c1-25(19-17-18(22-12-21-17)23-13-24-19)11-16(27)20-8-10-26-9-4-6-14-5-2-3-7-15(14)26/h2-3,5,7,12-13H,4,6,8-11H2,1H3,(H,20,27)(H,21,22,23,24). The summed E-state index contributed by atoms with van der Waals surface area (Å²) in [5, 5.41) is 3.01. The number of hydrogen-bond donors (Lipinski definition) is 2. The molecular formula is C19H23N7O. The Morgan fingerprint density at radius 3 is 3.11 bits per heavy atom. The third kappa shape index (κ3) is 3.69. The molecule has 2 N–H and O–H groups in total. The molecule has 0 aliphatic carbocycles. The highest BCUT2D eigenvalue weighted by molar-refractivity contribution is 5.87. The number of aromatic amines is 1. The molecular weight excluding hydrogens is 342 g/mol. The van der Waals surface area contributed by atoms with E-state index in [1.54, 1.807) is 11.2 Å². The van der Waals surface area contributed by atoms with Crippen LogP contribution in [-0.4, -0.2) is 59.1 Å². The van der Waals surface area contributed by atoms with E-state index in [-0.39, 0.29) is 12.5 Å². The van der Waals surface area contributed by atoms with Gasteiger partial charge >= 0.3 is 0 Å². The van der Waals surface area contributed by atoms with E-state index >= 15 is 0 Å². The van der Waals surface area contributed by atoms with Gasteiger partial charge in [-0.05, 0) is 24.5 Å². The SMILES string of the molecule is CN(CC(=O)NCCN1CCCc2ccccc21)c1ncnc2nc[nH]c12. The summed E-state index contributed by atoms with van der Waals surface area (Å²) < 4.78 is 0. The van der Waals surface area contributed by atoms with Gasteiger partial charge in [0.05, 0.1) is 12.9 Å². The van der Waals surface area contributed by atoms with Gasteiger partial charge in [-0.25, -0.2) is 15.0 Å². The summed E-state index contributed by atoms with van der Waals surface area (Å²) in [6.45, 7) is 2.68. The predicted molar refractivity (Wildman–Crippen MR) is 105 cm³/mol. The van der Waals surface area contributed by atoms with Crippen LogP contribution in [0, 0.1) is 0 Å². The van der Waals surface area contributed by atoms with Crippen molar-refractivity contribution < 1.29 is 4.79 Å². The zero-order valence-electron chi connectivity index (χ0n) is 15.4. The molecule has 0 saturated heterocycles. The molecule has 0 bridgehead atoms. The number of para-hydroxylation sites is 1. The van der Waals surface area contributed by atoms with Crippen LogP contribution in [0.25, 0.3) is 11.2 Å². The number of nitrogens with one attached hydrogen (secondary N) is 2. The summed E-state index contributed by atoms with van der Waals surface area (Å²) in [6.07, 6.45) is 5.32. The Balaban J connectivity index is 1.31. The number of nitrogens with zero attached hydrogens (tertiary/aromatic N) is 5. The first kappa shape index (κ1) is 17.3. The van der Waals surface area contributed by atoms with Crippen LogP contribution in [0.4, 0.5) is 11.5 Å². The van der Waals surface area contributed by atoms with Gasteiger partial charge in [-0.3, -0.25) is 4.79 Å². The van der Waals surface area contributed by atoms with E-state index in [4.69, 9.17) is 0 Å². The fourth-order valence-electron chi connectivity index (χ4n) is 3.56. The van der Waals surface area contributed by atoms with Gasteiger partial charge < -0.3 is 20.1 Å². The van der Waals surface area contributed by atoms with Gasteiger partial charge in [0.15, 0.2) is 11.5 Å². The molecule has 140 valence electrons. The number of rotatable bonds is 6. The van der Waals surface area contributed by atoms with Crippen LogP contribution >= 0.6 is 0 Å². The lowest BCUT2D eigenvalue weighted by Crippen LogP contribution is -2.41.